The van der Waals surface area contributed by atoms with Gasteiger partial charge in [-0.05, 0) is 6.07 Å². The van der Waals surface area contributed by atoms with E-state index in [0.717, 1.165) is 12.1 Å². The highest BCUT2D eigenvalue weighted by molar-refractivity contribution is 6.44. The number of ether oxygens (including phenoxy) is 1. The summed E-state index contributed by atoms with van der Waals surface area (Å²) in [5.41, 5.74) is 0. The predicted octanol–water partition coefficient (Wildman–Crippen LogP) is 4.75. The summed E-state index contributed by atoms with van der Waals surface area (Å²) < 4.78 is 64.9. The summed E-state index contributed by atoms with van der Waals surface area (Å²) >= 11 is 16.4. The van der Waals surface area contributed by atoms with E-state index >= 15 is 0 Å². The summed E-state index contributed by atoms with van der Waals surface area (Å²) in [5.74, 6) is -9.31. The van der Waals surface area contributed by atoms with Crippen molar-refractivity contribution in [3.05, 3.63) is 27.2 Å². The SMILES string of the molecule is O=C(Oc1cc(Cl)cc(Cl)c1Cl)C(F)(F)C(F)(F)F. The van der Waals surface area contributed by atoms with Crippen LogP contribution < -0.4 is 4.74 Å². The van der Waals surface area contributed by atoms with Gasteiger partial charge in [0.15, 0.2) is 5.75 Å². The molecule has 0 amide bonds. The quantitative estimate of drug-likeness (QED) is 0.335. The Balaban J connectivity index is 3.08. The molecule has 0 aliphatic rings. The van der Waals surface area contributed by atoms with Crippen LogP contribution in [-0.4, -0.2) is 18.1 Å². The zero-order valence-corrected chi connectivity index (χ0v) is 10.8. The first kappa shape index (κ1) is 16.3. The van der Waals surface area contributed by atoms with Gasteiger partial charge in [0.2, 0.25) is 0 Å². The third-order valence-corrected chi connectivity index (χ3v) is 2.78. The molecule has 0 bridgehead atoms. The van der Waals surface area contributed by atoms with E-state index in [1.807, 2.05) is 0 Å². The van der Waals surface area contributed by atoms with Gasteiger partial charge in [-0.1, -0.05) is 34.8 Å². The van der Waals surface area contributed by atoms with Gasteiger partial charge < -0.3 is 4.74 Å². The molecule has 2 nitrogen and oxygen atoms in total. The van der Waals surface area contributed by atoms with E-state index in [2.05, 4.69) is 4.74 Å². The Morgan fingerprint density at radius 3 is 2.05 bits per heavy atom. The fourth-order valence-corrected chi connectivity index (χ4v) is 1.51. The van der Waals surface area contributed by atoms with Crippen molar-refractivity contribution in [2.75, 3.05) is 0 Å². The number of benzene rings is 1. The molecular weight excluding hydrogens is 341 g/mol. The topological polar surface area (TPSA) is 26.3 Å². The number of esters is 1. The molecule has 0 unspecified atom stereocenters. The Kier molecular flexibility index (Phi) is 4.54. The van der Waals surface area contributed by atoms with Crippen molar-refractivity contribution in [1.29, 1.82) is 0 Å². The summed E-state index contributed by atoms with van der Waals surface area (Å²) in [5, 5.41) is -0.947. The lowest BCUT2D eigenvalue weighted by Crippen LogP contribution is -2.46. The smallest absolute Gasteiger partial charge is 0.420 e. The molecule has 1 aromatic carbocycles. The van der Waals surface area contributed by atoms with Crippen molar-refractivity contribution in [2.45, 2.75) is 12.1 Å². The standard InChI is InChI=1S/C9H2Cl3F5O2/c10-3-1-4(11)6(12)5(2-3)19-7(18)8(13,14)9(15,16)17/h1-2H. The maximum Gasteiger partial charge on any atom is 0.465 e. The Labute approximate surface area is 118 Å². The van der Waals surface area contributed by atoms with E-state index in [9.17, 15) is 26.7 Å². The van der Waals surface area contributed by atoms with Crippen LogP contribution in [-0.2, 0) is 4.79 Å². The highest BCUT2D eigenvalue weighted by Crippen LogP contribution is 2.39. The van der Waals surface area contributed by atoms with Crippen LogP contribution >= 0.6 is 34.8 Å². The minimum Gasteiger partial charge on any atom is -0.420 e. The second-order valence-electron chi connectivity index (χ2n) is 3.16. The number of halogens is 8. The van der Waals surface area contributed by atoms with Gasteiger partial charge in [-0.15, -0.1) is 0 Å². The molecule has 0 heterocycles. The molecular formula is C9H2Cl3F5O2. The molecule has 0 saturated carbocycles. The molecule has 0 radical (unpaired) electrons. The van der Waals surface area contributed by atoms with E-state index < -0.39 is 28.8 Å². The summed E-state index contributed by atoms with van der Waals surface area (Å²) in [6, 6.07) is 1.87. The molecule has 0 fully saturated rings. The molecule has 0 aliphatic carbocycles. The van der Waals surface area contributed by atoms with Gasteiger partial charge in [0.05, 0.1) is 5.02 Å². The van der Waals surface area contributed by atoms with Gasteiger partial charge >= 0.3 is 18.1 Å². The van der Waals surface area contributed by atoms with Crippen LogP contribution in [0.5, 0.6) is 5.75 Å². The molecule has 0 aromatic heterocycles. The number of hydrogen-bond acceptors (Lipinski definition) is 2. The summed E-state index contributed by atoms with van der Waals surface area (Å²) in [6.07, 6.45) is -6.08. The van der Waals surface area contributed by atoms with Crippen LogP contribution in [0.15, 0.2) is 12.1 Å². The second-order valence-corrected chi connectivity index (χ2v) is 4.38. The molecule has 0 spiro atoms. The molecule has 10 heteroatoms. The van der Waals surface area contributed by atoms with Crippen LogP contribution in [0.3, 0.4) is 0 Å². The van der Waals surface area contributed by atoms with Crippen molar-refractivity contribution < 1.29 is 31.5 Å². The third-order valence-electron chi connectivity index (χ3n) is 1.77. The van der Waals surface area contributed by atoms with E-state index in [1.54, 1.807) is 0 Å². The molecule has 0 aliphatic heterocycles. The fraction of sp³-hybridized carbons (Fsp3) is 0.222. The normalized spacial score (nSPS) is 12.4. The van der Waals surface area contributed by atoms with Gasteiger partial charge in [-0.2, -0.15) is 22.0 Å². The highest BCUT2D eigenvalue weighted by atomic mass is 35.5. The van der Waals surface area contributed by atoms with E-state index in [4.69, 9.17) is 34.8 Å². The average Bonchev–Trinajstić information content (AvgIpc) is 2.23. The highest BCUT2D eigenvalue weighted by Gasteiger charge is 2.65. The maximum atomic E-state index is 12.6. The Morgan fingerprint density at radius 2 is 1.58 bits per heavy atom. The van der Waals surface area contributed by atoms with Crippen molar-refractivity contribution in [1.82, 2.24) is 0 Å². The van der Waals surface area contributed by atoms with Gasteiger partial charge in [0.25, 0.3) is 0 Å². The summed E-state index contributed by atoms with van der Waals surface area (Å²) in [6.45, 7) is 0. The minimum absolute atomic E-state index is 0.160. The first-order valence-electron chi connectivity index (χ1n) is 4.28. The van der Waals surface area contributed by atoms with Crippen LogP contribution in [0, 0.1) is 0 Å². The minimum atomic E-state index is -6.08. The molecule has 106 valence electrons. The monoisotopic (exact) mass is 342 g/mol. The third kappa shape index (κ3) is 3.40. The molecule has 0 N–H and O–H groups in total. The second kappa shape index (κ2) is 5.30. The van der Waals surface area contributed by atoms with E-state index in [1.165, 1.54) is 0 Å². The molecule has 0 atom stereocenters. The predicted molar refractivity (Wildman–Crippen MR) is 58.1 cm³/mol. The van der Waals surface area contributed by atoms with Crippen molar-refractivity contribution >= 4 is 40.8 Å². The Hall–Kier alpha value is -0.790. The summed E-state index contributed by atoms with van der Waals surface area (Å²) in [4.78, 5) is 10.8. The van der Waals surface area contributed by atoms with Crippen LogP contribution in [0.2, 0.25) is 15.1 Å². The number of alkyl halides is 5. The lowest BCUT2D eigenvalue weighted by molar-refractivity contribution is -0.276. The lowest BCUT2D eigenvalue weighted by Gasteiger charge is -2.18. The number of rotatable bonds is 2. The van der Waals surface area contributed by atoms with E-state index in [0.29, 0.717) is 0 Å². The summed E-state index contributed by atoms with van der Waals surface area (Å²) in [7, 11) is 0. The first-order valence-corrected chi connectivity index (χ1v) is 5.41. The van der Waals surface area contributed by atoms with Crippen LogP contribution in [0.25, 0.3) is 0 Å². The van der Waals surface area contributed by atoms with Crippen molar-refractivity contribution in [3.63, 3.8) is 0 Å². The molecule has 1 rings (SSSR count). The fourth-order valence-electron chi connectivity index (χ4n) is 0.886. The van der Waals surface area contributed by atoms with Crippen LogP contribution in [0.4, 0.5) is 22.0 Å². The lowest BCUT2D eigenvalue weighted by atomic mass is 10.3. The Morgan fingerprint density at radius 1 is 1.05 bits per heavy atom. The largest absolute Gasteiger partial charge is 0.465 e. The Bertz CT molecular complexity index is 515. The molecule has 19 heavy (non-hydrogen) atoms. The van der Waals surface area contributed by atoms with E-state index in [-0.39, 0.29) is 10.0 Å². The molecule has 1 aromatic rings. The average molecular weight is 343 g/mol. The van der Waals surface area contributed by atoms with Crippen LogP contribution in [0.1, 0.15) is 0 Å². The molecule has 0 saturated heterocycles. The van der Waals surface area contributed by atoms with Gasteiger partial charge in [-0.3, -0.25) is 0 Å². The zero-order chi connectivity index (χ0) is 15.0. The van der Waals surface area contributed by atoms with Crippen molar-refractivity contribution in [2.24, 2.45) is 0 Å². The maximum absolute atomic E-state index is 12.6. The number of hydrogen-bond donors (Lipinski definition) is 0. The number of carbonyl (C=O) groups excluding carboxylic acids is 1. The van der Waals surface area contributed by atoms with Gasteiger partial charge in [-0.25, -0.2) is 4.79 Å². The van der Waals surface area contributed by atoms with Gasteiger partial charge in [0.1, 0.15) is 5.02 Å². The first-order chi connectivity index (χ1) is 8.46. The van der Waals surface area contributed by atoms with Gasteiger partial charge in [0, 0.05) is 11.1 Å². The number of carbonyl (C=O) groups is 1. The van der Waals surface area contributed by atoms with Crippen molar-refractivity contribution in [3.8, 4) is 5.75 Å². The zero-order valence-electron chi connectivity index (χ0n) is 8.49.